The van der Waals surface area contributed by atoms with Gasteiger partial charge in [-0.05, 0) is 32.4 Å². The van der Waals surface area contributed by atoms with E-state index >= 15 is 0 Å². The van der Waals surface area contributed by atoms with E-state index in [0.717, 1.165) is 31.7 Å². The third kappa shape index (κ3) is 3.52. The number of nitrogens with zero attached hydrogens (tertiary/aromatic N) is 4. The minimum absolute atomic E-state index is 0.479. The van der Waals surface area contributed by atoms with Crippen LogP contribution in [0, 0.1) is 5.41 Å². The number of aromatic nitrogens is 3. The Hall–Kier alpha value is -1.99. The van der Waals surface area contributed by atoms with Crippen molar-refractivity contribution in [2.24, 2.45) is 5.41 Å². The largest absolute Gasteiger partial charge is 0.488 e. The van der Waals surface area contributed by atoms with Crippen LogP contribution < -0.4 is 9.47 Å². The standard InChI is InChI=1S/C18H24N4O3/c1-23-17-16(9-14-15(21-17)10-19-13-20-14)25-8-2-5-22-6-3-18(4-7-22)11-24-12-18/h9-10,13H,2-8,11-12H2,1H3. The second-order valence-corrected chi connectivity index (χ2v) is 6.96. The zero-order valence-corrected chi connectivity index (χ0v) is 14.6. The van der Waals surface area contributed by atoms with Crippen molar-refractivity contribution in [1.29, 1.82) is 0 Å². The fourth-order valence-corrected chi connectivity index (χ4v) is 3.53. The molecule has 4 heterocycles. The van der Waals surface area contributed by atoms with E-state index in [-0.39, 0.29) is 0 Å². The molecular formula is C18H24N4O3. The molecule has 25 heavy (non-hydrogen) atoms. The third-order valence-electron chi connectivity index (χ3n) is 5.23. The van der Waals surface area contributed by atoms with E-state index in [1.54, 1.807) is 13.3 Å². The van der Waals surface area contributed by atoms with Crippen molar-refractivity contribution in [1.82, 2.24) is 19.9 Å². The van der Waals surface area contributed by atoms with Crippen molar-refractivity contribution in [2.75, 3.05) is 46.6 Å². The molecule has 0 N–H and O–H groups in total. The van der Waals surface area contributed by atoms with E-state index in [2.05, 4.69) is 19.9 Å². The van der Waals surface area contributed by atoms with Crippen LogP contribution >= 0.6 is 0 Å². The van der Waals surface area contributed by atoms with Crippen molar-refractivity contribution in [3.05, 3.63) is 18.6 Å². The first kappa shape index (κ1) is 16.5. The van der Waals surface area contributed by atoms with E-state index in [9.17, 15) is 0 Å². The molecule has 4 rings (SSSR count). The van der Waals surface area contributed by atoms with E-state index < -0.39 is 0 Å². The highest BCUT2D eigenvalue weighted by Gasteiger charge is 2.40. The average Bonchev–Trinajstić information content (AvgIpc) is 2.63. The molecule has 7 nitrogen and oxygen atoms in total. The van der Waals surface area contributed by atoms with E-state index in [0.29, 0.717) is 29.2 Å². The molecular weight excluding hydrogens is 320 g/mol. The monoisotopic (exact) mass is 344 g/mol. The smallest absolute Gasteiger partial charge is 0.257 e. The number of rotatable bonds is 6. The molecule has 2 aliphatic rings. The Morgan fingerprint density at radius 2 is 2.08 bits per heavy atom. The lowest BCUT2D eigenvalue weighted by Crippen LogP contribution is -2.51. The molecule has 0 aromatic carbocycles. The molecule has 2 aliphatic heterocycles. The maximum absolute atomic E-state index is 5.91. The lowest BCUT2D eigenvalue weighted by atomic mass is 9.77. The minimum Gasteiger partial charge on any atom is -0.488 e. The molecule has 2 aromatic rings. The summed E-state index contributed by atoms with van der Waals surface area (Å²) in [5.41, 5.74) is 1.96. The lowest BCUT2D eigenvalue weighted by Gasteiger charge is -2.47. The molecule has 0 saturated carbocycles. The highest BCUT2D eigenvalue weighted by Crippen LogP contribution is 2.38. The van der Waals surface area contributed by atoms with Gasteiger partial charge in [0, 0.05) is 18.0 Å². The fourth-order valence-electron chi connectivity index (χ4n) is 3.53. The molecule has 0 radical (unpaired) electrons. The molecule has 7 heteroatoms. The number of hydrogen-bond donors (Lipinski definition) is 0. The summed E-state index contributed by atoms with van der Waals surface area (Å²) in [5.74, 6) is 1.12. The Balaban J connectivity index is 1.27. The van der Waals surface area contributed by atoms with Gasteiger partial charge in [0.25, 0.3) is 5.88 Å². The fraction of sp³-hybridized carbons (Fsp3) is 0.611. The van der Waals surface area contributed by atoms with Crippen molar-refractivity contribution >= 4 is 11.0 Å². The molecule has 2 fully saturated rings. The number of methoxy groups -OCH3 is 1. The SMILES string of the molecule is COc1nc2cncnc2cc1OCCCN1CCC2(CC1)COC2. The Labute approximate surface area is 147 Å². The van der Waals surface area contributed by atoms with Crippen molar-refractivity contribution in [3.63, 3.8) is 0 Å². The average molecular weight is 344 g/mol. The first-order valence-corrected chi connectivity index (χ1v) is 8.86. The van der Waals surface area contributed by atoms with Gasteiger partial charge in [0.15, 0.2) is 5.75 Å². The van der Waals surface area contributed by atoms with Gasteiger partial charge in [-0.3, -0.25) is 0 Å². The van der Waals surface area contributed by atoms with Crippen LogP contribution in [0.15, 0.2) is 18.6 Å². The maximum Gasteiger partial charge on any atom is 0.257 e. The van der Waals surface area contributed by atoms with Crippen molar-refractivity contribution < 1.29 is 14.2 Å². The Bertz CT molecular complexity index is 725. The summed E-state index contributed by atoms with van der Waals surface area (Å²) >= 11 is 0. The number of fused-ring (bicyclic) bond motifs is 1. The van der Waals surface area contributed by atoms with Crippen molar-refractivity contribution in [2.45, 2.75) is 19.3 Å². The molecule has 0 amide bonds. The van der Waals surface area contributed by atoms with Crippen molar-refractivity contribution in [3.8, 4) is 11.6 Å². The van der Waals surface area contributed by atoms with Gasteiger partial charge in [-0.25, -0.2) is 15.0 Å². The van der Waals surface area contributed by atoms with Gasteiger partial charge in [-0.2, -0.15) is 0 Å². The van der Waals surface area contributed by atoms with Gasteiger partial charge in [0.1, 0.15) is 11.8 Å². The third-order valence-corrected chi connectivity index (χ3v) is 5.23. The Morgan fingerprint density at radius 1 is 1.24 bits per heavy atom. The molecule has 1 spiro atoms. The molecule has 0 aliphatic carbocycles. The van der Waals surface area contributed by atoms with E-state index in [4.69, 9.17) is 14.2 Å². The molecule has 0 atom stereocenters. The van der Waals surface area contributed by atoms with Crippen LogP contribution in [-0.4, -0.2) is 66.4 Å². The number of ether oxygens (including phenoxy) is 3. The zero-order chi connectivity index (χ0) is 17.1. The summed E-state index contributed by atoms with van der Waals surface area (Å²) < 4.78 is 16.6. The van der Waals surface area contributed by atoms with Gasteiger partial charge in [0.2, 0.25) is 0 Å². The van der Waals surface area contributed by atoms with Crippen LogP contribution in [0.5, 0.6) is 11.6 Å². The number of piperidine rings is 1. The highest BCUT2D eigenvalue weighted by atomic mass is 16.5. The number of likely N-dealkylation sites (tertiary alicyclic amines) is 1. The van der Waals surface area contributed by atoms with Gasteiger partial charge in [-0.1, -0.05) is 0 Å². The van der Waals surface area contributed by atoms with Crippen LogP contribution in [0.3, 0.4) is 0 Å². The summed E-state index contributed by atoms with van der Waals surface area (Å²) in [6.45, 7) is 5.95. The quantitative estimate of drug-likeness (QED) is 0.742. The molecule has 2 aromatic heterocycles. The summed E-state index contributed by atoms with van der Waals surface area (Å²) in [7, 11) is 1.60. The Kier molecular flexibility index (Phi) is 4.67. The number of pyridine rings is 1. The van der Waals surface area contributed by atoms with Gasteiger partial charge < -0.3 is 19.1 Å². The van der Waals surface area contributed by atoms with Crippen LogP contribution in [0.4, 0.5) is 0 Å². The normalized spacial score (nSPS) is 19.7. The predicted octanol–water partition coefficient (Wildman–Crippen LogP) is 1.91. The predicted molar refractivity (Wildman–Crippen MR) is 92.9 cm³/mol. The van der Waals surface area contributed by atoms with Crippen LogP contribution in [-0.2, 0) is 4.74 Å². The van der Waals surface area contributed by atoms with E-state index in [1.807, 2.05) is 6.07 Å². The highest BCUT2D eigenvalue weighted by molar-refractivity contribution is 5.75. The van der Waals surface area contributed by atoms with Gasteiger partial charge >= 0.3 is 0 Å². The first-order chi connectivity index (χ1) is 12.3. The topological polar surface area (TPSA) is 69.6 Å². The second-order valence-electron chi connectivity index (χ2n) is 6.96. The number of hydrogen-bond acceptors (Lipinski definition) is 7. The maximum atomic E-state index is 5.91. The molecule has 0 unspecified atom stereocenters. The van der Waals surface area contributed by atoms with E-state index in [1.165, 1.54) is 32.3 Å². The molecule has 2 saturated heterocycles. The first-order valence-electron chi connectivity index (χ1n) is 8.86. The van der Waals surface area contributed by atoms with Crippen LogP contribution in [0.2, 0.25) is 0 Å². The Morgan fingerprint density at radius 3 is 2.80 bits per heavy atom. The van der Waals surface area contributed by atoms with Gasteiger partial charge in [0.05, 0.1) is 38.6 Å². The van der Waals surface area contributed by atoms with Gasteiger partial charge in [-0.15, -0.1) is 0 Å². The summed E-state index contributed by atoms with van der Waals surface area (Å²) in [5, 5.41) is 0. The summed E-state index contributed by atoms with van der Waals surface area (Å²) in [4.78, 5) is 15.1. The zero-order valence-electron chi connectivity index (χ0n) is 14.6. The lowest BCUT2D eigenvalue weighted by molar-refractivity contribution is -0.139. The molecule has 0 bridgehead atoms. The second kappa shape index (κ2) is 7.09. The summed E-state index contributed by atoms with van der Waals surface area (Å²) in [6.07, 6.45) is 6.68. The van der Waals surface area contributed by atoms with Crippen LogP contribution in [0.1, 0.15) is 19.3 Å². The van der Waals surface area contributed by atoms with Crippen LogP contribution in [0.25, 0.3) is 11.0 Å². The summed E-state index contributed by atoms with van der Waals surface area (Å²) in [6, 6.07) is 1.87. The minimum atomic E-state index is 0.479. The molecule has 134 valence electrons.